The SMILES string of the molecule is Cl.NCCN(CCN)CC(=O)O. The van der Waals surface area contributed by atoms with Crippen LogP contribution in [0.3, 0.4) is 0 Å². The van der Waals surface area contributed by atoms with Crippen LogP contribution in [0.2, 0.25) is 0 Å². The number of nitrogens with zero attached hydrogens (tertiary/aromatic N) is 1. The predicted molar refractivity (Wildman–Crippen MR) is 49.4 cm³/mol. The lowest BCUT2D eigenvalue weighted by molar-refractivity contribution is -0.138. The van der Waals surface area contributed by atoms with E-state index in [2.05, 4.69) is 0 Å². The second kappa shape index (κ2) is 8.73. The summed E-state index contributed by atoms with van der Waals surface area (Å²) in [5, 5.41) is 8.41. The molecule has 0 radical (unpaired) electrons. The summed E-state index contributed by atoms with van der Waals surface area (Å²) in [5.41, 5.74) is 10.5. The molecule has 0 aliphatic rings. The van der Waals surface area contributed by atoms with Gasteiger partial charge < -0.3 is 16.6 Å². The van der Waals surface area contributed by atoms with E-state index in [9.17, 15) is 4.79 Å². The van der Waals surface area contributed by atoms with Gasteiger partial charge >= 0.3 is 5.97 Å². The van der Waals surface area contributed by atoms with Crippen LogP contribution in [0, 0.1) is 0 Å². The number of carboxylic acids is 1. The van der Waals surface area contributed by atoms with Crippen LogP contribution in [0.1, 0.15) is 0 Å². The van der Waals surface area contributed by atoms with Gasteiger partial charge in [-0.15, -0.1) is 12.4 Å². The molecule has 5 nitrogen and oxygen atoms in total. The van der Waals surface area contributed by atoms with Crippen LogP contribution in [0.4, 0.5) is 0 Å². The topological polar surface area (TPSA) is 92.6 Å². The quantitative estimate of drug-likeness (QED) is 0.493. The zero-order valence-electron chi connectivity index (χ0n) is 6.90. The number of aliphatic carboxylic acids is 1. The summed E-state index contributed by atoms with van der Waals surface area (Å²) in [7, 11) is 0. The number of carboxylic acid groups (broad SMARTS) is 1. The van der Waals surface area contributed by atoms with Crippen molar-refractivity contribution in [2.24, 2.45) is 11.5 Å². The Kier molecular flexibility index (Phi) is 10.3. The molecule has 0 aromatic rings. The Hall–Kier alpha value is -0.360. The van der Waals surface area contributed by atoms with E-state index in [0.717, 1.165) is 0 Å². The van der Waals surface area contributed by atoms with Crippen LogP contribution in [0.25, 0.3) is 0 Å². The second-order valence-corrected chi connectivity index (χ2v) is 2.25. The van der Waals surface area contributed by atoms with Crippen molar-refractivity contribution in [1.29, 1.82) is 0 Å². The molecule has 0 heterocycles. The predicted octanol–water partition coefficient (Wildman–Crippen LogP) is -1.29. The van der Waals surface area contributed by atoms with Gasteiger partial charge in [-0.05, 0) is 0 Å². The normalized spacial score (nSPS) is 9.58. The maximum absolute atomic E-state index is 10.2. The molecule has 12 heavy (non-hydrogen) atoms. The molecule has 0 bridgehead atoms. The molecule has 0 rings (SSSR count). The Balaban J connectivity index is 0. The summed E-state index contributed by atoms with van der Waals surface area (Å²) in [6.07, 6.45) is 0. The summed E-state index contributed by atoms with van der Waals surface area (Å²) in [6, 6.07) is 0. The number of hydrogen-bond acceptors (Lipinski definition) is 4. The van der Waals surface area contributed by atoms with Gasteiger partial charge in [-0.25, -0.2) is 0 Å². The van der Waals surface area contributed by atoms with Crippen molar-refractivity contribution >= 4 is 18.4 Å². The largest absolute Gasteiger partial charge is 0.480 e. The first-order valence-electron chi connectivity index (χ1n) is 3.55. The Morgan fingerprint density at radius 3 is 1.92 bits per heavy atom. The Bertz CT molecular complexity index is 117. The van der Waals surface area contributed by atoms with Crippen LogP contribution < -0.4 is 11.5 Å². The van der Waals surface area contributed by atoms with Crippen molar-refractivity contribution < 1.29 is 9.90 Å². The Labute approximate surface area is 78.1 Å². The zero-order chi connectivity index (χ0) is 8.69. The van der Waals surface area contributed by atoms with E-state index in [-0.39, 0.29) is 19.0 Å². The van der Waals surface area contributed by atoms with E-state index in [0.29, 0.717) is 26.2 Å². The summed E-state index contributed by atoms with van der Waals surface area (Å²) in [5.74, 6) is -0.841. The minimum absolute atomic E-state index is 0. The second-order valence-electron chi connectivity index (χ2n) is 2.25. The minimum Gasteiger partial charge on any atom is -0.480 e. The van der Waals surface area contributed by atoms with Gasteiger partial charge in [0.25, 0.3) is 0 Å². The van der Waals surface area contributed by atoms with Gasteiger partial charge in [-0.3, -0.25) is 9.69 Å². The molecule has 0 atom stereocenters. The van der Waals surface area contributed by atoms with Crippen LogP contribution >= 0.6 is 12.4 Å². The lowest BCUT2D eigenvalue weighted by atomic mass is 10.4. The number of halogens is 1. The Morgan fingerprint density at radius 1 is 1.25 bits per heavy atom. The smallest absolute Gasteiger partial charge is 0.317 e. The van der Waals surface area contributed by atoms with Crippen LogP contribution in [0.5, 0.6) is 0 Å². The van der Waals surface area contributed by atoms with E-state index in [1.54, 1.807) is 4.90 Å². The van der Waals surface area contributed by atoms with Crippen LogP contribution in [-0.2, 0) is 4.79 Å². The molecule has 0 amide bonds. The molecule has 0 aliphatic heterocycles. The van der Waals surface area contributed by atoms with Crippen molar-refractivity contribution in [3.05, 3.63) is 0 Å². The van der Waals surface area contributed by atoms with Crippen molar-refractivity contribution in [1.82, 2.24) is 4.90 Å². The Morgan fingerprint density at radius 2 is 1.67 bits per heavy atom. The lowest BCUT2D eigenvalue weighted by Crippen LogP contribution is -2.37. The maximum Gasteiger partial charge on any atom is 0.317 e. The van der Waals surface area contributed by atoms with Crippen molar-refractivity contribution in [3.63, 3.8) is 0 Å². The summed E-state index contributed by atoms with van der Waals surface area (Å²) in [4.78, 5) is 11.9. The van der Waals surface area contributed by atoms with Crippen molar-refractivity contribution in [2.45, 2.75) is 0 Å². The van der Waals surface area contributed by atoms with Gasteiger partial charge in [-0.2, -0.15) is 0 Å². The fourth-order valence-corrected chi connectivity index (χ4v) is 0.826. The zero-order valence-corrected chi connectivity index (χ0v) is 7.72. The molecule has 0 aliphatic carbocycles. The highest BCUT2D eigenvalue weighted by atomic mass is 35.5. The van der Waals surface area contributed by atoms with Crippen LogP contribution in [0.15, 0.2) is 0 Å². The molecular formula is C6H16ClN3O2. The number of carbonyl (C=O) groups is 1. The fraction of sp³-hybridized carbons (Fsp3) is 0.833. The molecule has 0 unspecified atom stereocenters. The third-order valence-corrected chi connectivity index (χ3v) is 1.25. The average molecular weight is 198 g/mol. The molecule has 5 N–H and O–H groups in total. The molecule has 0 spiro atoms. The molecular weight excluding hydrogens is 182 g/mol. The average Bonchev–Trinajstić information content (AvgIpc) is 1.87. The lowest BCUT2D eigenvalue weighted by Gasteiger charge is -2.17. The first-order chi connectivity index (χ1) is 5.20. The number of rotatable bonds is 6. The van der Waals surface area contributed by atoms with Gasteiger partial charge in [0.2, 0.25) is 0 Å². The highest BCUT2D eigenvalue weighted by Gasteiger charge is 2.06. The van der Waals surface area contributed by atoms with E-state index in [4.69, 9.17) is 16.6 Å². The summed E-state index contributed by atoms with van der Waals surface area (Å²) < 4.78 is 0. The summed E-state index contributed by atoms with van der Waals surface area (Å²) >= 11 is 0. The van der Waals surface area contributed by atoms with Gasteiger partial charge in [-0.1, -0.05) is 0 Å². The van der Waals surface area contributed by atoms with E-state index < -0.39 is 5.97 Å². The molecule has 0 saturated carbocycles. The number of nitrogens with two attached hydrogens (primary N) is 2. The molecule has 6 heteroatoms. The van der Waals surface area contributed by atoms with E-state index >= 15 is 0 Å². The third-order valence-electron chi connectivity index (χ3n) is 1.25. The van der Waals surface area contributed by atoms with Crippen LogP contribution in [-0.4, -0.2) is 48.7 Å². The highest BCUT2D eigenvalue weighted by molar-refractivity contribution is 5.85. The first kappa shape index (κ1) is 14.2. The molecule has 0 aromatic heterocycles. The molecule has 0 aromatic carbocycles. The maximum atomic E-state index is 10.2. The monoisotopic (exact) mass is 197 g/mol. The third kappa shape index (κ3) is 7.74. The van der Waals surface area contributed by atoms with Gasteiger partial charge in [0.15, 0.2) is 0 Å². The number of hydrogen-bond donors (Lipinski definition) is 3. The van der Waals surface area contributed by atoms with Gasteiger partial charge in [0.1, 0.15) is 0 Å². The summed E-state index contributed by atoms with van der Waals surface area (Å²) in [6.45, 7) is 2.13. The van der Waals surface area contributed by atoms with Gasteiger partial charge in [0.05, 0.1) is 6.54 Å². The first-order valence-corrected chi connectivity index (χ1v) is 3.55. The fourth-order valence-electron chi connectivity index (χ4n) is 0.826. The molecule has 0 saturated heterocycles. The highest BCUT2D eigenvalue weighted by Crippen LogP contribution is 1.84. The van der Waals surface area contributed by atoms with E-state index in [1.807, 2.05) is 0 Å². The molecule has 74 valence electrons. The standard InChI is InChI=1S/C6H15N3O2.ClH/c7-1-3-9(4-2-8)5-6(10)11;/h1-5,7-8H2,(H,10,11);1H. The molecule has 0 fully saturated rings. The van der Waals surface area contributed by atoms with Crippen molar-refractivity contribution in [2.75, 3.05) is 32.7 Å². The minimum atomic E-state index is -0.841. The van der Waals surface area contributed by atoms with Gasteiger partial charge in [0, 0.05) is 26.2 Å². The van der Waals surface area contributed by atoms with Crippen molar-refractivity contribution in [3.8, 4) is 0 Å². The van der Waals surface area contributed by atoms with E-state index in [1.165, 1.54) is 0 Å².